The molecule has 2 aromatic rings. The number of amides is 1. The fraction of sp³-hybridized carbons (Fsp3) is 0.476. The molecule has 0 aromatic heterocycles. The van der Waals surface area contributed by atoms with Crippen LogP contribution in [-0.4, -0.2) is 31.8 Å². The van der Waals surface area contributed by atoms with E-state index < -0.39 is 0 Å². The molecule has 2 aliphatic rings. The van der Waals surface area contributed by atoms with Gasteiger partial charge < -0.3 is 14.8 Å². The summed E-state index contributed by atoms with van der Waals surface area (Å²) in [7, 11) is 0. The van der Waals surface area contributed by atoms with Crippen LogP contribution in [0, 0.1) is 5.41 Å². The van der Waals surface area contributed by atoms with Gasteiger partial charge in [0.25, 0.3) is 5.91 Å². The Bertz CT molecular complexity index is 780. The summed E-state index contributed by atoms with van der Waals surface area (Å²) in [5.74, 6) is 0.648. The number of rotatable bonds is 4. The lowest BCUT2D eigenvalue weighted by Crippen LogP contribution is -2.57. The molecule has 1 unspecified atom stereocenters. The van der Waals surface area contributed by atoms with Gasteiger partial charge >= 0.3 is 0 Å². The third-order valence-electron chi connectivity index (χ3n) is 5.88. The Morgan fingerprint density at radius 2 is 2.00 bits per heavy atom. The predicted molar refractivity (Wildman–Crippen MR) is 98.1 cm³/mol. The first kappa shape index (κ1) is 16.4. The van der Waals surface area contributed by atoms with Crippen LogP contribution in [-0.2, 0) is 4.74 Å². The summed E-state index contributed by atoms with van der Waals surface area (Å²) in [6.45, 7) is 4.11. The summed E-state index contributed by atoms with van der Waals surface area (Å²) < 4.78 is 11.3. The molecule has 2 fully saturated rings. The number of carbonyl (C=O) groups is 1. The minimum atomic E-state index is -0.0178. The van der Waals surface area contributed by atoms with Gasteiger partial charge in [0.15, 0.2) is 0 Å². The second-order valence-corrected chi connectivity index (χ2v) is 7.13. The molecule has 4 rings (SSSR count). The molecule has 1 aliphatic carbocycles. The molecule has 4 nitrogen and oxygen atoms in total. The van der Waals surface area contributed by atoms with Crippen LogP contribution in [0.5, 0.6) is 5.75 Å². The van der Waals surface area contributed by atoms with E-state index in [1.807, 2.05) is 43.3 Å². The number of hydrogen-bond donors (Lipinski definition) is 1. The Hall–Kier alpha value is -2.07. The zero-order valence-electron chi connectivity index (χ0n) is 14.7. The van der Waals surface area contributed by atoms with Gasteiger partial charge in [0.2, 0.25) is 0 Å². The van der Waals surface area contributed by atoms with E-state index in [-0.39, 0.29) is 17.4 Å². The second kappa shape index (κ2) is 6.68. The van der Waals surface area contributed by atoms with Crippen molar-refractivity contribution in [1.29, 1.82) is 0 Å². The smallest absolute Gasteiger partial charge is 0.255 e. The van der Waals surface area contributed by atoms with E-state index >= 15 is 0 Å². The summed E-state index contributed by atoms with van der Waals surface area (Å²) in [6, 6.07) is 12.2. The second-order valence-electron chi connectivity index (χ2n) is 7.13. The minimum Gasteiger partial charge on any atom is -0.493 e. The quantitative estimate of drug-likeness (QED) is 0.918. The topological polar surface area (TPSA) is 47.6 Å². The van der Waals surface area contributed by atoms with Crippen molar-refractivity contribution < 1.29 is 14.3 Å². The monoisotopic (exact) mass is 339 g/mol. The lowest BCUT2D eigenvalue weighted by atomic mass is 9.60. The summed E-state index contributed by atoms with van der Waals surface area (Å²) in [4.78, 5) is 13.2. The van der Waals surface area contributed by atoms with Gasteiger partial charge in [-0.25, -0.2) is 0 Å². The third-order valence-corrected chi connectivity index (χ3v) is 5.88. The van der Waals surface area contributed by atoms with Gasteiger partial charge in [0.05, 0.1) is 12.2 Å². The number of ether oxygens (including phenoxy) is 2. The van der Waals surface area contributed by atoms with Gasteiger partial charge in [-0.2, -0.15) is 0 Å². The summed E-state index contributed by atoms with van der Waals surface area (Å²) in [5.41, 5.74) is 0.902. The highest BCUT2D eigenvalue weighted by molar-refractivity contribution is 6.09. The number of hydrogen-bond acceptors (Lipinski definition) is 3. The lowest BCUT2D eigenvalue weighted by Gasteiger charge is -2.52. The Morgan fingerprint density at radius 3 is 2.72 bits per heavy atom. The van der Waals surface area contributed by atoms with Gasteiger partial charge in [0.1, 0.15) is 5.75 Å². The lowest BCUT2D eigenvalue weighted by molar-refractivity contribution is -0.0523. The molecule has 1 heterocycles. The maximum atomic E-state index is 13.2. The molecule has 1 amide bonds. The third kappa shape index (κ3) is 2.89. The highest BCUT2D eigenvalue weighted by Gasteiger charge is 2.48. The molecule has 4 heteroatoms. The Balaban J connectivity index is 1.64. The van der Waals surface area contributed by atoms with E-state index in [9.17, 15) is 4.79 Å². The van der Waals surface area contributed by atoms with Crippen molar-refractivity contribution >= 4 is 16.7 Å². The van der Waals surface area contributed by atoms with E-state index in [1.54, 1.807) is 0 Å². The first-order valence-electron chi connectivity index (χ1n) is 9.27. The van der Waals surface area contributed by atoms with Gasteiger partial charge in [-0.3, -0.25) is 4.79 Å². The van der Waals surface area contributed by atoms with Crippen molar-refractivity contribution in [3.63, 3.8) is 0 Å². The molecule has 2 aromatic carbocycles. The summed E-state index contributed by atoms with van der Waals surface area (Å²) in [5, 5.41) is 5.32. The number of nitrogens with one attached hydrogen (secondary N) is 1. The SMILES string of the molecule is CCOc1ccc2ccccc2c1C(=O)NC1CCC12CCOCC2. The van der Waals surface area contributed by atoms with E-state index in [2.05, 4.69) is 5.32 Å². The van der Waals surface area contributed by atoms with Crippen LogP contribution in [0.15, 0.2) is 36.4 Å². The van der Waals surface area contributed by atoms with Crippen LogP contribution in [0.2, 0.25) is 0 Å². The van der Waals surface area contributed by atoms with Crippen LogP contribution >= 0.6 is 0 Å². The predicted octanol–water partition coefficient (Wildman–Crippen LogP) is 3.93. The normalized spacial score (nSPS) is 21.7. The number of carbonyl (C=O) groups excluding carboxylic acids is 1. The molecule has 1 N–H and O–H groups in total. The van der Waals surface area contributed by atoms with Crippen LogP contribution in [0.25, 0.3) is 10.8 Å². The molecule has 1 saturated heterocycles. The Morgan fingerprint density at radius 1 is 1.20 bits per heavy atom. The average molecular weight is 339 g/mol. The van der Waals surface area contributed by atoms with Crippen molar-refractivity contribution in [3.05, 3.63) is 42.0 Å². The average Bonchev–Trinajstić information content (AvgIpc) is 2.66. The van der Waals surface area contributed by atoms with Crippen LogP contribution in [0.3, 0.4) is 0 Å². The maximum Gasteiger partial charge on any atom is 0.255 e. The molecule has 1 atom stereocenters. The van der Waals surface area contributed by atoms with Crippen LogP contribution < -0.4 is 10.1 Å². The largest absolute Gasteiger partial charge is 0.493 e. The number of fused-ring (bicyclic) bond motifs is 1. The standard InChI is InChI=1S/C21H25NO3/c1-2-25-17-8-7-15-5-3-4-6-16(15)19(17)20(23)22-18-9-10-21(18)11-13-24-14-12-21/h3-8,18H,2,9-14H2,1H3,(H,22,23). The Labute approximate surface area is 148 Å². The fourth-order valence-electron chi connectivity index (χ4n) is 4.29. The van der Waals surface area contributed by atoms with Crippen LogP contribution in [0.4, 0.5) is 0 Å². The molecule has 25 heavy (non-hydrogen) atoms. The van der Waals surface area contributed by atoms with Crippen molar-refractivity contribution in [2.75, 3.05) is 19.8 Å². The molecule has 0 bridgehead atoms. The van der Waals surface area contributed by atoms with Crippen molar-refractivity contribution in [2.45, 2.75) is 38.6 Å². The van der Waals surface area contributed by atoms with Gasteiger partial charge in [-0.15, -0.1) is 0 Å². The first-order valence-corrected chi connectivity index (χ1v) is 9.27. The fourth-order valence-corrected chi connectivity index (χ4v) is 4.29. The number of benzene rings is 2. The molecular formula is C21H25NO3. The molecule has 1 saturated carbocycles. The molecule has 1 aliphatic heterocycles. The molecule has 0 radical (unpaired) electrons. The van der Waals surface area contributed by atoms with E-state index in [4.69, 9.17) is 9.47 Å². The van der Waals surface area contributed by atoms with Crippen molar-refractivity contribution in [2.24, 2.45) is 5.41 Å². The first-order chi connectivity index (χ1) is 12.2. The molecular weight excluding hydrogens is 314 g/mol. The van der Waals surface area contributed by atoms with Crippen molar-refractivity contribution in [1.82, 2.24) is 5.32 Å². The van der Waals surface area contributed by atoms with Gasteiger partial charge in [-0.1, -0.05) is 30.3 Å². The van der Waals surface area contributed by atoms with Crippen molar-refractivity contribution in [3.8, 4) is 5.75 Å². The van der Waals surface area contributed by atoms with Crippen LogP contribution in [0.1, 0.15) is 43.0 Å². The summed E-state index contributed by atoms with van der Waals surface area (Å²) >= 11 is 0. The highest BCUT2D eigenvalue weighted by atomic mass is 16.5. The van der Waals surface area contributed by atoms with Gasteiger partial charge in [-0.05, 0) is 54.9 Å². The van der Waals surface area contributed by atoms with E-state index in [0.717, 1.165) is 43.2 Å². The Kier molecular flexibility index (Phi) is 4.38. The van der Waals surface area contributed by atoms with E-state index in [0.29, 0.717) is 17.9 Å². The van der Waals surface area contributed by atoms with E-state index in [1.165, 1.54) is 6.42 Å². The minimum absolute atomic E-state index is 0.0178. The zero-order valence-corrected chi connectivity index (χ0v) is 14.7. The maximum absolute atomic E-state index is 13.2. The summed E-state index contributed by atoms with van der Waals surface area (Å²) in [6.07, 6.45) is 4.34. The van der Waals surface area contributed by atoms with Gasteiger partial charge in [0, 0.05) is 19.3 Å². The molecule has 132 valence electrons. The zero-order chi connectivity index (χ0) is 17.3. The highest BCUT2D eigenvalue weighted by Crippen LogP contribution is 2.49. The molecule has 1 spiro atoms.